The summed E-state index contributed by atoms with van der Waals surface area (Å²) in [4.78, 5) is 27.3. The molecule has 0 saturated heterocycles. The molecule has 0 saturated carbocycles. The first kappa shape index (κ1) is 64.0. The van der Waals surface area contributed by atoms with Gasteiger partial charge in [0.25, 0.3) is 6.01 Å². The Labute approximate surface area is 493 Å². The molecule has 4 N–H and O–H groups in total. The maximum atomic E-state index is 14.1. The van der Waals surface area contributed by atoms with Gasteiger partial charge in [-0.25, -0.2) is 52.8 Å². The molecule has 28 nitrogen and oxygen atoms in total. The van der Waals surface area contributed by atoms with E-state index in [-0.39, 0.29) is 157 Å². The van der Waals surface area contributed by atoms with Gasteiger partial charge in [0.05, 0.1) is 61.8 Å². The third-order valence-electron chi connectivity index (χ3n) is 8.03. The molecule has 2 aromatic heterocycles. The van der Waals surface area contributed by atoms with Crippen molar-refractivity contribution >= 4 is 113 Å². The number of rotatable bonds is 14. The summed E-state index contributed by atoms with van der Waals surface area (Å²) in [6.07, 6.45) is 0. The summed E-state index contributed by atoms with van der Waals surface area (Å²) in [5.41, 5.74) is -4.32. The van der Waals surface area contributed by atoms with Crippen molar-refractivity contribution in [3.63, 3.8) is 0 Å². The number of nitrogens with zero attached hydrogens (tertiary/aromatic N) is 8. The number of hydrogen-bond donors (Lipinski definition) is 4. The zero-order valence-corrected chi connectivity index (χ0v) is 49.6. The van der Waals surface area contributed by atoms with Crippen LogP contribution in [0.25, 0.3) is 10.8 Å². The normalized spacial score (nSPS) is 13.0. The largest absolute Gasteiger partial charge is 1.00 e. The van der Waals surface area contributed by atoms with Gasteiger partial charge in [0.1, 0.15) is 36.0 Å². The molecule has 6 aromatic rings. The zero-order chi connectivity index (χ0) is 48.6. The van der Waals surface area contributed by atoms with Crippen molar-refractivity contribution in [2.24, 2.45) is 25.2 Å². The van der Waals surface area contributed by atoms with Gasteiger partial charge in [-0.3, -0.25) is 14.5 Å². The number of benzene rings is 4. The van der Waals surface area contributed by atoms with Crippen molar-refractivity contribution in [3.8, 4) is 11.8 Å². The van der Waals surface area contributed by atoms with Crippen molar-refractivity contribution in [1.29, 1.82) is 0 Å². The average Bonchev–Trinajstić information content (AvgIpc) is 3.18. The monoisotopic (exact) mass is 1140 g/mol. The molecule has 4 aromatic carbocycles. The first-order valence-electron chi connectivity index (χ1n) is 17.0. The second-order valence-corrected chi connectivity index (χ2v) is 20.5. The quantitative estimate of drug-likeness (QED) is 0.0447. The van der Waals surface area contributed by atoms with Gasteiger partial charge in [-0.1, -0.05) is 11.8 Å². The maximum Gasteiger partial charge on any atom is 1.00 e. The summed E-state index contributed by atoms with van der Waals surface area (Å²) < 4.78 is 175. The number of ether oxygens (including phenoxy) is 1. The predicted octanol–water partition coefficient (Wildman–Crippen LogP) is -11.2. The second-order valence-electron chi connectivity index (χ2n) is 12.5. The van der Waals surface area contributed by atoms with E-state index >= 15 is 0 Å². The van der Waals surface area contributed by atoms with Crippen LogP contribution in [0.4, 0.5) is 28.4 Å². The van der Waals surface area contributed by atoms with Crippen LogP contribution in [-0.2, 0) is 54.8 Å². The van der Waals surface area contributed by atoms with Gasteiger partial charge in [0.15, 0.2) is 9.84 Å². The van der Waals surface area contributed by atoms with Gasteiger partial charge < -0.3 is 28.5 Å². The van der Waals surface area contributed by atoms with Crippen LogP contribution in [0.15, 0.2) is 105 Å². The van der Waals surface area contributed by atoms with Crippen molar-refractivity contribution in [3.05, 3.63) is 88.1 Å². The van der Waals surface area contributed by atoms with Crippen LogP contribution in [0.3, 0.4) is 0 Å². The number of H-pyrrole nitrogens is 3. The molecule has 6 rings (SSSR count). The molecule has 0 aliphatic heterocycles. The fraction of sp³-hybridized carbons (Fsp3) is 0.0968. The van der Waals surface area contributed by atoms with Crippen LogP contribution in [-0.4, -0.2) is 110 Å². The summed E-state index contributed by atoms with van der Waals surface area (Å²) in [6, 6.07) is 8.65. The van der Waals surface area contributed by atoms with E-state index in [1.807, 2.05) is 0 Å². The van der Waals surface area contributed by atoms with Gasteiger partial charge in [-0.05, 0) is 83.2 Å². The number of fused-ring (bicyclic) bond motifs is 1. The maximum absolute atomic E-state index is 14.1. The Balaban J connectivity index is 0.00000420. The summed E-state index contributed by atoms with van der Waals surface area (Å²) >= 11 is 12.0. The minimum Gasteiger partial charge on any atom is -0.870 e. The van der Waals surface area contributed by atoms with Gasteiger partial charge in [0.2, 0.25) is 27.4 Å². The fourth-order valence-electron chi connectivity index (χ4n) is 5.38. The molecular weight excluding hydrogens is 1120 g/mol. The minimum atomic E-state index is -5.74. The third kappa shape index (κ3) is 17.0. The van der Waals surface area contributed by atoms with E-state index in [1.165, 1.54) is 12.1 Å². The Morgan fingerprint density at radius 3 is 1.93 bits per heavy atom. The van der Waals surface area contributed by atoms with E-state index in [9.17, 15) is 60.9 Å². The summed E-state index contributed by atoms with van der Waals surface area (Å²) in [5, 5.41) is 19.0. The molecule has 0 unspecified atom stereocenters. The van der Waals surface area contributed by atoms with Gasteiger partial charge in [-0.2, -0.15) is 23.4 Å². The number of sulfone groups is 1. The van der Waals surface area contributed by atoms with Crippen molar-refractivity contribution < 1.29 is 193 Å². The van der Waals surface area contributed by atoms with E-state index in [2.05, 4.69) is 59.3 Å². The van der Waals surface area contributed by atoms with Crippen LogP contribution in [0, 0.1) is 0 Å². The topological polar surface area (TPSA) is 449 Å². The Bertz CT molecular complexity index is 3830. The van der Waals surface area contributed by atoms with E-state index in [0.29, 0.717) is 24.3 Å². The number of aromatic amines is 3. The Morgan fingerprint density at radius 2 is 1.31 bits per heavy atom. The number of halogens is 2. The summed E-state index contributed by atoms with van der Waals surface area (Å²) in [7, 11) is -24.5. The molecule has 0 aliphatic carbocycles. The van der Waals surface area contributed by atoms with Gasteiger partial charge >= 0.3 is 129 Å². The van der Waals surface area contributed by atoms with E-state index in [4.69, 9.17) is 32.5 Å². The van der Waals surface area contributed by atoms with E-state index < -0.39 is 122 Å². The molecule has 0 aliphatic rings. The molecule has 70 heavy (non-hydrogen) atoms. The smallest absolute Gasteiger partial charge is 0.870 e. The molecule has 0 bridgehead atoms. The molecule has 350 valence electrons. The number of aromatic nitrogens is 6. The first-order chi connectivity index (χ1) is 30.6. The van der Waals surface area contributed by atoms with Gasteiger partial charge in [-0.15, -0.1) is 10.2 Å². The van der Waals surface area contributed by atoms with Crippen LogP contribution < -0.4 is 145 Å². The Hall–Kier alpha value is -2.11. The number of methoxy groups -OCH3 is 1. The van der Waals surface area contributed by atoms with Crippen LogP contribution in [0.5, 0.6) is 11.8 Å². The molecule has 39 heteroatoms. The SMILES string of the molecule is COc1nc(Cl)nc(=Nc2cc(S(=O)(=O)[O-])cc3cc(S(=O)(=O)[O-])c(N=Nc4cc(N=c5[nH]c(Cl)nc(=Nc6cccc(S(=O)(=O)CCOS(=O)(=O)O)c6)[nH]5)ccc4S(=O)(=O)[O-])c([O-])c23)[nH]1.[Na+].[Na+].[Na+].[Na+]. The number of hydrogen-bond acceptors (Lipinski definition) is 24. The van der Waals surface area contributed by atoms with Crippen molar-refractivity contribution in [2.75, 3.05) is 19.5 Å². The molecule has 0 atom stereocenters. The molecule has 0 spiro atoms. The molecule has 0 radical (unpaired) electrons. The molecule has 0 fully saturated rings. The van der Waals surface area contributed by atoms with Crippen LogP contribution in [0.2, 0.25) is 10.6 Å². The summed E-state index contributed by atoms with van der Waals surface area (Å²) in [6.45, 7) is -0.903. The zero-order valence-electron chi connectivity index (χ0n) is 36.0. The Morgan fingerprint density at radius 1 is 0.671 bits per heavy atom. The van der Waals surface area contributed by atoms with Gasteiger partial charge in [0, 0.05) is 5.39 Å². The number of nitrogens with one attached hydrogen (secondary N) is 3. The summed E-state index contributed by atoms with van der Waals surface area (Å²) in [5.74, 6) is -2.35. The molecular formula is C31H21Cl2N11Na4O17S5. The molecule has 0 amide bonds. The van der Waals surface area contributed by atoms with Crippen molar-refractivity contribution in [2.45, 2.75) is 19.6 Å². The third-order valence-corrected chi connectivity index (χ3v) is 13.1. The van der Waals surface area contributed by atoms with E-state index in [0.717, 1.165) is 31.4 Å². The second kappa shape index (κ2) is 25.4. The van der Waals surface area contributed by atoms with Crippen molar-refractivity contribution in [1.82, 2.24) is 29.9 Å². The fourth-order valence-corrected chi connectivity index (χ4v) is 8.99. The number of azo groups is 1. The van der Waals surface area contributed by atoms with Crippen LogP contribution in [0.1, 0.15) is 0 Å². The predicted molar refractivity (Wildman–Crippen MR) is 215 cm³/mol. The standard InChI is InChI=1S/C31H25Cl2N11O17S5.4Na/c1-60-31-40-27(33)39-30(42-31)36-20-13-18(63(48,49)50)9-14-10-22(65(54,55)56)24(25(45)23(14)20)44-43-19-12-16(5-6-21(19)64(51,52)53)35-29-38-26(32)37-28(41-29)34-15-3-2-4-17(11-15)62(46,47)8-7-61-66(57,58)59;;;;/h2-6,9-13,45H,7-8H2,1H3,(H,48,49,50)(H,51,52,53)(H,54,55,56)(H,57,58,59)(H,36,39,40,42)(H2,34,35,37,38,41);;;;/q;4*+1/p-4. The average molecular weight is 1140 g/mol. The van der Waals surface area contributed by atoms with E-state index in [1.54, 1.807) is 0 Å². The van der Waals surface area contributed by atoms with Crippen LogP contribution >= 0.6 is 23.2 Å². The first-order valence-corrected chi connectivity index (χ1v) is 25.0. The minimum absolute atomic E-state index is 0. The Kier molecular flexibility index (Phi) is 23.2. The molecule has 2 heterocycles.